The van der Waals surface area contributed by atoms with Gasteiger partial charge in [0.2, 0.25) is 5.91 Å². The van der Waals surface area contributed by atoms with Crippen molar-refractivity contribution in [2.24, 2.45) is 5.92 Å². The molecule has 0 aliphatic carbocycles. The van der Waals surface area contributed by atoms with Crippen LogP contribution in [0.15, 0.2) is 6.07 Å². The lowest BCUT2D eigenvalue weighted by atomic mass is 10.1. The molecule has 1 fully saturated rings. The summed E-state index contributed by atoms with van der Waals surface area (Å²) in [6.45, 7) is 4.96. The molecule has 4 nitrogen and oxygen atoms in total. The van der Waals surface area contributed by atoms with E-state index in [0.717, 1.165) is 32.0 Å². The van der Waals surface area contributed by atoms with Crippen LogP contribution in [0.2, 0.25) is 0 Å². The third kappa shape index (κ3) is 3.13. The molecule has 0 N–H and O–H groups in total. The van der Waals surface area contributed by atoms with E-state index >= 15 is 0 Å². The highest BCUT2D eigenvalue weighted by Crippen LogP contribution is 2.28. The fraction of sp³-hybridized carbons (Fsp3) is 0.692. The average Bonchev–Trinajstić information content (AvgIpc) is 2.98. The Morgan fingerprint density at radius 1 is 1.40 bits per heavy atom. The SMILES string of the molecule is Cc1cc(C(F)(F)F)nn1CC(C)C(=O)N1CCCC1. The van der Waals surface area contributed by atoms with E-state index in [4.69, 9.17) is 0 Å². The number of rotatable bonds is 3. The summed E-state index contributed by atoms with van der Waals surface area (Å²) in [5.41, 5.74) is -0.491. The van der Waals surface area contributed by atoms with E-state index in [1.807, 2.05) is 0 Å². The van der Waals surface area contributed by atoms with Crippen LogP contribution in [0.3, 0.4) is 0 Å². The molecular formula is C13H18F3N3O. The van der Waals surface area contributed by atoms with Crippen LogP contribution in [0.4, 0.5) is 13.2 Å². The third-order valence-electron chi connectivity index (χ3n) is 3.56. The Kier molecular flexibility index (Phi) is 4.06. The van der Waals surface area contributed by atoms with Crippen molar-refractivity contribution in [1.29, 1.82) is 0 Å². The average molecular weight is 289 g/mol. The maximum Gasteiger partial charge on any atom is 0.435 e. The first kappa shape index (κ1) is 14.9. The van der Waals surface area contributed by atoms with Gasteiger partial charge in [-0.2, -0.15) is 18.3 Å². The molecule has 1 saturated heterocycles. The van der Waals surface area contributed by atoms with E-state index in [0.29, 0.717) is 5.69 Å². The Balaban J connectivity index is 2.05. The smallest absolute Gasteiger partial charge is 0.342 e. The van der Waals surface area contributed by atoms with Gasteiger partial charge in [-0.3, -0.25) is 9.48 Å². The van der Waals surface area contributed by atoms with Crippen LogP contribution < -0.4 is 0 Å². The Bertz CT molecular complexity index is 490. The second-order valence-electron chi connectivity index (χ2n) is 5.28. The molecule has 20 heavy (non-hydrogen) atoms. The highest BCUT2D eigenvalue weighted by Gasteiger charge is 2.34. The molecule has 1 unspecified atom stereocenters. The van der Waals surface area contributed by atoms with Crippen LogP contribution in [0, 0.1) is 12.8 Å². The number of alkyl halides is 3. The maximum absolute atomic E-state index is 12.6. The zero-order valence-corrected chi connectivity index (χ0v) is 11.6. The monoisotopic (exact) mass is 289 g/mol. The van der Waals surface area contributed by atoms with Crippen molar-refractivity contribution in [3.63, 3.8) is 0 Å². The second kappa shape index (κ2) is 5.46. The summed E-state index contributed by atoms with van der Waals surface area (Å²) in [6, 6.07) is 1.01. The number of aromatic nitrogens is 2. The summed E-state index contributed by atoms with van der Waals surface area (Å²) in [5.74, 6) is -0.376. The first-order chi connectivity index (χ1) is 9.29. The summed E-state index contributed by atoms with van der Waals surface area (Å²) in [4.78, 5) is 13.9. The van der Waals surface area contributed by atoms with Crippen molar-refractivity contribution in [2.45, 2.75) is 39.4 Å². The van der Waals surface area contributed by atoms with Gasteiger partial charge in [0.05, 0.1) is 12.5 Å². The van der Waals surface area contributed by atoms with Crippen molar-refractivity contribution < 1.29 is 18.0 Å². The largest absolute Gasteiger partial charge is 0.435 e. The minimum Gasteiger partial charge on any atom is -0.342 e. The number of aryl methyl sites for hydroxylation is 1. The van der Waals surface area contributed by atoms with Gasteiger partial charge in [-0.1, -0.05) is 6.92 Å². The molecule has 0 aromatic carbocycles. The van der Waals surface area contributed by atoms with Gasteiger partial charge in [0, 0.05) is 18.8 Å². The molecule has 7 heteroatoms. The molecule has 112 valence electrons. The first-order valence-corrected chi connectivity index (χ1v) is 6.69. The minimum absolute atomic E-state index is 0.00837. The number of carbonyl (C=O) groups is 1. The summed E-state index contributed by atoms with van der Waals surface area (Å²) in [5, 5.41) is 3.55. The zero-order valence-electron chi connectivity index (χ0n) is 11.6. The predicted octanol–water partition coefficient (Wildman–Crippen LogP) is 2.47. The number of nitrogens with zero attached hydrogens (tertiary/aromatic N) is 3. The molecule has 1 aromatic heterocycles. The van der Waals surface area contributed by atoms with E-state index in [1.165, 1.54) is 4.68 Å². The molecule has 1 atom stereocenters. The van der Waals surface area contributed by atoms with Crippen LogP contribution in [-0.2, 0) is 17.5 Å². The molecule has 0 saturated carbocycles. The Morgan fingerprint density at radius 2 is 2.00 bits per heavy atom. The van der Waals surface area contributed by atoms with Crippen molar-refractivity contribution >= 4 is 5.91 Å². The highest BCUT2D eigenvalue weighted by atomic mass is 19.4. The first-order valence-electron chi connectivity index (χ1n) is 6.69. The molecular weight excluding hydrogens is 271 g/mol. The lowest BCUT2D eigenvalue weighted by Gasteiger charge is -2.20. The van der Waals surface area contributed by atoms with Crippen molar-refractivity contribution in [3.8, 4) is 0 Å². The standard InChI is InChI=1S/C13H18F3N3O/c1-9(12(20)18-5-3-4-6-18)8-19-10(2)7-11(17-19)13(14,15)16/h7,9H,3-6,8H2,1-2H3. The normalized spacial score (nSPS) is 17.6. The molecule has 1 aliphatic heterocycles. The number of likely N-dealkylation sites (tertiary alicyclic amines) is 1. The fourth-order valence-electron chi connectivity index (χ4n) is 2.42. The number of hydrogen-bond donors (Lipinski definition) is 0. The molecule has 0 radical (unpaired) electrons. The van der Waals surface area contributed by atoms with Gasteiger partial charge in [0.15, 0.2) is 5.69 Å². The summed E-state index contributed by atoms with van der Waals surface area (Å²) >= 11 is 0. The van der Waals surface area contributed by atoms with Crippen LogP contribution in [0.25, 0.3) is 0 Å². The van der Waals surface area contributed by atoms with Gasteiger partial charge in [0.25, 0.3) is 0 Å². The van der Waals surface area contributed by atoms with Gasteiger partial charge in [-0.15, -0.1) is 0 Å². The van der Waals surface area contributed by atoms with Gasteiger partial charge in [0.1, 0.15) is 0 Å². The van der Waals surface area contributed by atoms with Crippen LogP contribution in [0.1, 0.15) is 31.2 Å². The van der Waals surface area contributed by atoms with E-state index in [-0.39, 0.29) is 18.4 Å². The lowest BCUT2D eigenvalue weighted by Crippen LogP contribution is -2.34. The van der Waals surface area contributed by atoms with E-state index in [9.17, 15) is 18.0 Å². The van der Waals surface area contributed by atoms with Gasteiger partial charge >= 0.3 is 6.18 Å². The molecule has 0 bridgehead atoms. The zero-order chi connectivity index (χ0) is 14.9. The minimum atomic E-state index is -4.45. The highest BCUT2D eigenvalue weighted by molar-refractivity contribution is 5.78. The number of carbonyl (C=O) groups excluding carboxylic acids is 1. The molecule has 1 amide bonds. The van der Waals surface area contributed by atoms with Gasteiger partial charge < -0.3 is 4.90 Å². The fourth-order valence-corrected chi connectivity index (χ4v) is 2.42. The van der Waals surface area contributed by atoms with Crippen molar-refractivity contribution in [1.82, 2.24) is 14.7 Å². The van der Waals surface area contributed by atoms with Crippen molar-refractivity contribution in [3.05, 3.63) is 17.5 Å². The summed E-state index contributed by atoms with van der Waals surface area (Å²) in [7, 11) is 0. The molecule has 0 spiro atoms. The molecule has 2 heterocycles. The van der Waals surface area contributed by atoms with E-state index < -0.39 is 11.9 Å². The number of amides is 1. The van der Waals surface area contributed by atoms with Gasteiger partial charge in [-0.25, -0.2) is 0 Å². The van der Waals surface area contributed by atoms with Crippen molar-refractivity contribution in [2.75, 3.05) is 13.1 Å². The third-order valence-corrected chi connectivity index (χ3v) is 3.56. The van der Waals surface area contributed by atoms with Crippen LogP contribution in [0.5, 0.6) is 0 Å². The molecule has 1 aliphatic rings. The number of hydrogen-bond acceptors (Lipinski definition) is 2. The second-order valence-corrected chi connectivity index (χ2v) is 5.28. The Hall–Kier alpha value is -1.53. The van der Waals surface area contributed by atoms with Crippen LogP contribution >= 0.6 is 0 Å². The Labute approximate surface area is 115 Å². The maximum atomic E-state index is 12.6. The number of halogens is 3. The van der Waals surface area contributed by atoms with Gasteiger partial charge in [-0.05, 0) is 25.8 Å². The van der Waals surface area contributed by atoms with E-state index in [2.05, 4.69) is 5.10 Å². The lowest BCUT2D eigenvalue weighted by molar-refractivity contribution is -0.141. The topological polar surface area (TPSA) is 38.1 Å². The van der Waals surface area contributed by atoms with Crippen LogP contribution in [-0.4, -0.2) is 33.7 Å². The van der Waals surface area contributed by atoms with E-state index in [1.54, 1.807) is 18.7 Å². The summed E-state index contributed by atoms with van der Waals surface area (Å²) in [6.07, 6.45) is -2.45. The quantitative estimate of drug-likeness (QED) is 0.857. The Morgan fingerprint density at radius 3 is 2.50 bits per heavy atom. The summed E-state index contributed by atoms with van der Waals surface area (Å²) < 4.78 is 39.0. The molecule has 2 rings (SSSR count). The molecule has 1 aromatic rings. The predicted molar refractivity (Wildman–Crippen MR) is 66.9 cm³/mol.